The second-order valence-corrected chi connectivity index (χ2v) is 12.5. The first kappa shape index (κ1) is 31.8. The second-order valence-electron chi connectivity index (χ2n) is 11.5. The zero-order chi connectivity index (χ0) is 31.0. The van der Waals surface area contributed by atoms with Gasteiger partial charge in [-0.3, -0.25) is 14.8 Å². The quantitative estimate of drug-likeness (QED) is 0.241. The van der Waals surface area contributed by atoms with E-state index in [1.165, 1.54) is 17.5 Å². The fraction of sp³-hybridized carbons (Fsp3) is 0.500. The van der Waals surface area contributed by atoms with Gasteiger partial charge < -0.3 is 25.0 Å². The first-order chi connectivity index (χ1) is 20.5. The Morgan fingerprint density at radius 1 is 1.12 bits per heavy atom. The number of piperidine rings is 1. The molecule has 0 saturated carbocycles. The van der Waals surface area contributed by atoms with E-state index >= 15 is 0 Å². The van der Waals surface area contributed by atoms with Crippen molar-refractivity contribution in [2.24, 2.45) is 13.0 Å². The van der Waals surface area contributed by atoms with Gasteiger partial charge in [0.1, 0.15) is 15.6 Å². The van der Waals surface area contributed by atoms with E-state index in [1.807, 2.05) is 18.2 Å². The summed E-state index contributed by atoms with van der Waals surface area (Å²) in [5, 5.41) is 13.4. The molecule has 1 fully saturated rings. The number of anilines is 3. The van der Waals surface area contributed by atoms with Crippen LogP contribution >= 0.6 is 11.3 Å². The van der Waals surface area contributed by atoms with Crippen molar-refractivity contribution in [3.8, 4) is 10.6 Å². The van der Waals surface area contributed by atoms with Crippen molar-refractivity contribution in [2.45, 2.75) is 59.0 Å². The molecule has 4 rings (SSSR count). The molecule has 13 heteroatoms. The van der Waals surface area contributed by atoms with Crippen LogP contribution in [0.2, 0.25) is 0 Å². The number of hydrogen-bond donors (Lipinski definition) is 3. The Kier molecular flexibility index (Phi) is 10.6. The Balaban J connectivity index is 1.45. The summed E-state index contributed by atoms with van der Waals surface area (Å²) < 4.78 is 12.2. The lowest BCUT2D eigenvalue weighted by molar-refractivity contribution is 0.0636. The highest BCUT2D eigenvalue weighted by atomic mass is 32.1. The highest BCUT2D eigenvalue weighted by Crippen LogP contribution is 2.35. The van der Waals surface area contributed by atoms with Crippen molar-refractivity contribution in [1.29, 1.82) is 0 Å². The minimum atomic E-state index is -0.703. The number of nitrogens with one attached hydrogen (secondary N) is 3. The van der Waals surface area contributed by atoms with Crippen molar-refractivity contribution in [3.63, 3.8) is 0 Å². The average molecular weight is 612 g/mol. The van der Waals surface area contributed by atoms with Gasteiger partial charge in [-0.25, -0.2) is 14.6 Å². The summed E-state index contributed by atoms with van der Waals surface area (Å²) in [6.45, 7) is 10.1. The van der Waals surface area contributed by atoms with Crippen LogP contribution in [0.4, 0.5) is 26.0 Å². The first-order valence-corrected chi connectivity index (χ1v) is 15.4. The summed E-state index contributed by atoms with van der Waals surface area (Å²) >= 11 is 1.21. The largest absolute Gasteiger partial charge is 0.450 e. The van der Waals surface area contributed by atoms with Crippen LogP contribution in [-0.4, -0.2) is 64.7 Å². The van der Waals surface area contributed by atoms with Crippen LogP contribution < -0.4 is 20.9 Å². The molecule has 3 heterocycles. The Labute approximate surface area is 256 Å². The summed E-state index contributed by atoms with van der Waals surface area (Å²) in [5.74, 6) is -0.0814. The maximum atomic E-state index is 13.2. The van der Waals surface area contributed by atoms with Gasteiger partial charge in [0.05, 0.1) is 18.5 Å². The van der Waals surface area contributed by atoms with Gasteiger partial charge in [0, 0.05) is 44.1 Å². The topological polar surface area (TPSA) is 140 Å². The number of alkyl carbamates (subject to hydrolysis) is 1. The lowest BCUT2D eigenvalue weighted by Crippen LogP contribution is -2.38. The molecule has 232 valence electrons. The fourth-order valence-electron chi connectivity index (χ4n) is 4.57. The van der Waals surface area contributed by atoms with Crippen LogP contribution in [0.1, 0.15) is 63.9 Å². The van der Waals surface area contributed by atoms with Crippen molar-refractivity contribution in [2.75, 3.05) is 41.8 Å². The van der Waals surface area contributed by atoms with Gasteiger partial charge in [-0.2, -0.15) is 5.10 Å². The zero-order valence-corrected chi connectivity index (χ0v) is 26.3. The van der Waals surface area contributed by atoms with E-state index < -0.39 is 17.6 Å². The number of aromatic nitrogens is 3. The molecule has 0 bridgehead atoms. The molecule has 0 unspecified atom stereocenters. The van der Waals surface area contributed by atoms with E-state index in [2.05, 4.69) is 43.9 Å². The second kappa shape index (κ2) is 14.4. The van der Waals surface area contributed by atoms with E-state index in [9.17, 15) is 14.4 Å². The summed E-state index contributed by atoms with van der Waals surface area (Å²) in [4.78, 5) is 44.7. The molecule has 0 spiro atoms. The maximum Gasteiger partial charge on any atom is 0.412 e. The third-order valence-electron chi connectivity index (χ3n) is 6.76. The lowest BCUT2D eigenvalue weighted by atomic mass is 9.96. The molecule has 43 heavy (non-hydrogen) atoms. The SMILES string of the molecule is CCCCOC(=O)NCC1CCN(c2cccc(-c3nc(C(=O)Nc4cnn(C)c4)c(NC(=O)OC(C)(C)C)s3)c2)CC1. The van der Waals surface area contributed by atoms with Crippen molar-refractivity contribution < 1.29 is 23.9 Å². The summed E-state index contributed by atoms with van der Waals surface area (Å²) in [6, 6.07) is 7.99. The molecular formula is C30H41N7O5S. The highest BCUT2D eigenvalue weighted by Gasteiger charge is 2.25. The Bertz CT molecular complexity index is 1410. The van der Waals surface area contributed by atoms with E-state index in [0.717, 1.165) is 50.0 Å². The lowest BCUT2D eigenvalue weighted by Gasteiger charge is -2.33. The molecule has 0 aliphatic carbocycles. The molecule has 0 atom stereocenters. The van der Waals surface area contributed by atoms with Gasteiger partial charge >= 0.3 is 12.2 Å². The molecule has 2 aromatic heterocycles. The summed E-state index contributed by atoms with van der Waals surface area (Å²) in [5.41, 5.74) is 1.77. The standard InChI is InChI=1S/C30H41N7O5S/c1-6-7-15-41-28(39)31-17-20-11-13-37(14-12-20)23-10-8-9-21(16-23)26-34-24(25(38)33-22-18-32-36(5)19-22)27(43-26)35-29(40)42-30(2,3)4/h8-10,16,18-20H,6-7,11-15,17H2,1-5H3,(H,31,39)(H,33,38)(H,35,40). The number of benzene rings is 1. The van der Waals surface area contributed by atoms with Crippen LogP contribution in [0.5, 0.6) is 0 Å². The van der Waals surface area contributed by atoms with E-state index in [4.69, 9.17) is 9.47 Å². The average Bonchev–Trinajstić information content (AvgIpc) is 3.57. The number of nitrogens with zero attached hydrogens (tertiary/aromatic N) is 4. The minimum absolute atomic E-state index is 0.0849. The molecule has 1 aliphatic rings. The van der Waals surface area contributed by atoms with Crippen LogP contribution in [0, 0.1) is 5.92 Å². The molecule has 12 nitrogen and oxygen atoms in total. The molecule has 3 aromatic rings. The van der Waals surface area contributed by atoms with Crippen LogP contribution in [0.3, 0.4) is 0 Å². The van der Waals surface area contributed by atoms with Crippen molar-refractivity contribution >= 4 is 45.8 Å². The number of amides is 3. The van der Waals surface area contributed by atoms with E-state index in [-0.39, 0.29) is 16.8 Å². The van der Waals surface area contributed by atoms with Crippen LogP contribution in [0.25, 0.3) is 10.6 Å². The molecule has 0 radical (unpaired) electrons. The Morgan fingerprint density at radius 3 is 2.56 bits per heavy atom. The zero-order valence-electron chi connectivity index (χ0n) is 25.4. The molecule has 1 saturated heterocycles. The van der Waals surface area contributed by atoms with Gasteiger partial charge in [0.15, 0.2) is 5.69 Å². The summed E-state index contributed by atoms with van der Waals surface area (Å²) in [7, 11) is 1.75. The molecule has 3 N–H and O–H groups in total. The number of hydrogen-bond acceptors (Lipinski definition) is 9. The number of carbonyl (C=O) groups is 3. The predicted octanol–water partition coefficient (Wildman–Crippen LogP) is 5.89. The predicted molar refractivity (Wildman–Crippen MR) is 168 cm³/mol. The molecule has 1 aromatic carbocycles. The number of aryl methyl sites for hydroxylation is 1. The Morgan fingerprint density at radius 2 is 1.88 bits per heavy atom. The van der Waals surface area contributed by atoms with Crippen LogP contribution in [-0.2, 0) is 16.5 Å². The van der Waals surface area contributed by atoms with Gasteiger partial charge in [-0.15, -0.1) is 0 Å². The number of carbonyl (C=O) groups excluding carboxylic acids is 3. The molecule has 3 amide bonds. The van der Waals surface area contributed by atoms with Gasteiger partial charge in [0.25, 0.3) is 5.91 Å². The number of thiazole rings is 1. The minimum Gasteiger partial charge on any atom is -0.450 e. The van der Waals surface area contributed by atoms with Crippen LogP contribution in [0.15, 0.2) is 36.7 Å². The third kappa shape index (κ3) is 9.43. The van der Waals surface area contributed by atoms with E-state index in [0.29, 0.717) is 29.8 Å². The van der Waals surface area contributed by atoms with Crippen molar-refractivity contribution in [3.05, 3.63) is 42.4 Å². The van der Waals surface area contributed by atoms with Crippen molar-refractivity contribution in [1.82, 2.24) is 20.1 Å². The summed E-state index contributed by atoms with van der Waals surface area (Å²) in [6.07, 6.45) is 5.94. The number of rotatable bonds is 10. The van der Waals surface area contributed by atoms with E-state index in [1.54, 1.807) is 38.7 Å². The molecular weight excluding hydrogens is 570 g/mol. The number of unbranched alkanes of at least 4 members (excludes halogenated alkanes) is 1. The van der Waals surface area contributed by atoms with Gasteiger partial charge in [-0.05, 0) is 58.1 Å². The monoisotopic (exact) mass is 611 g/mol. The maximum absolute atomic E-state index is 13.2. The Hall–Kier alpha value is -4.13. The van der Waals surface area contributed by atoms with Gasteiger partial charge in [-0.1, -0.05) is 36.8 Å². The first-order valence-electron chi connectivity index (χ1n) is 14.6. The third-order valence-corrected chi connectivity index (χ3v) is 7.78. The molecule has 1 aliphatic heterocycles. The smallest absolute Gasteiger partial charge is 0.412 e. The van der Waals surface area contributed by atoms with Gasteiger partial charge in [0.2, 0.25) is 0 Å². The normalized spacial score (nSPS) is 13.8. The fourth-order valence-corrected chi connectivity index (χ4v) is 5.52. The highest BCUT2D eigenvalue weighted by molar-refractivity contribution is 7.19. The number of ether oxygens (including phenoxy) is 2.